The first-order chi connectivity index (χ1) is 7.83. The normalized spacial score (nSPS) is 16.1. The van der Waals surface area contributed by atoms with Crippen LogP contribution in [-0.2, 0) is 13.0 Å². The molecule has 3 heterocycles. The third kappa shape index (κ3) is 1.70. The van der Waals surface area contributed by atoms with Crippen molar-refractivity contribution in [3.8, 4) is 10.8 Å². The zero-order valence-electron chi connectivity index (χ0n) is 8.92. The zero-order chi connectivity index (χ0) is 11.0. The van der Waals surface area contributed by atoms with Crippen molar-refractivity contribution in [2.45, 2.75) is 13.0 Å². The van der Waals surface area contributed by atoms with Gasteiger partial charge in [0.15, 0.2) is 10.8 Å². The van der Waals surface area contributed by atoms with E-state index in [1.165, 1.54) is 23.4 Å². The molecule has 0 bridgehead atoms. The van der Waals surface area contributed by atoms with Gasteiger partial charge in [0.2, 0.25) is 0 Å². The van der Waals surface area contributed by atoms with Crippen molar-refractivity contribution in [1.82, 2.24) is 24.2 Å². The SMILES string of the molecule is CN1CCc2cnc(-c3ncns3)nc2C1. The first-order valence-electron chi connectivity index (χ1n) is 5.13. The molecular formula is C10H11N5S. The third-order valence-electron chi connectivity index (χ3n) is 2.69. The van der Waals surface area contributed by atoms with Gasteiger partial charge in [-0.25, -0.2) is 15.0 Å². The van der Waals surface area contributed by atoms with Crippen molar-refractivity contribution in [2.24, 2.45) is 0 Å². The Morgan fingerprint density at radius 3 is 3.12 bits per heavy atom. The molecule has 0 radical (unpaired) electrons. The van der Waals surface area contributed by atoms with Crippen molar-refractivity contribution in [3.63, 3.8) is 0 Å². The van der Waals surface area contributed by atoms with Gasteiger partial charge in [-0.15, -0.1) is 0 Å². The molecule has 3 rings (SSSR count). The maximum atomic E-state index is 4.56. The highest BCUT2D eigenvalue weighted by Crippen LogP contribution is 2.20. The summed E-state index contributed by atoms with van der Waals surface area (Å²) in [5.74, 6) is 0.691. The smallest absolute Gasteiger partial charge is 0.190 e. The molecule has 1 aliphatic rings. The monoisotopic (exact) mass is 233 g/mol. The Morgan fingerprint density at radius 1 is 1.38 bits per heavy atom. The topological polar surface area (TPSA) is 54.8 Å². The average molecular weight is 233 g/mol. The van der Waals surface area contributed by atoms with Crippen molar-refractivity contribution in [2.75, 3.05) is 13.6 Å². The highest BCUT2D eigenvalue weighted by Gasteiger charge is 2.16. The van der Waals surface area contributed by atoms with Crippen molar-refractivity contribution in [1.29, 1.82) is 0 Å². The van der Waals surface area contributed by atoms with Crippen LogP contribution in [0.25, 0.3) is 10.8 Å². The minimum Gasteiger partial charge on any atom is -0.300 e. The molecule has 1 aliphatic heterocycles. The standard InChI is InChI=1S/C10H11N5S/c1-15-3-2-7-4-11-9(14-8(7)5-15)10-12-6-13-16-10/h4,6H,2-3,5H2,1H3. The Balaban J connectivity index is 2.01. The number of aromatic nitrogens is 4. The minimum absolute atomic E-state index is 0.691. The van der Waals surface area contributed by atoms with E-state index in [1.807, 2.05) is 6.20 Å². The fourth-order valence-corrected chi connectivity index (χ4v) is 2.28. The summed E-state index contributed by atoms with van der Waals surface area (Å²) >= 11 is 1.33. The number of hydrogen-bond donors (Lipinski definition) is 0. The molecule has 6 heteroatoms. The van der Waals surface area contributed by atoms with Crippen LogP contribution in [0, 0.1) is 0 Å². The van der Waals surface area contributed by atoms with Gasteiger partial charge < -0.3 is 4.90 Å². The molecule has 0 amide bonds. The predicted molar refractivity (Wildman–Crippen MR) is 61.0 cm³/mol. The summed E-state index contributed by atoms with van der Waals surface area (Å²) in [7, 11) is 2.11. The van der Waals surface area contributed by atoms with Gasteiger partial charge in [0.1, 0.15) is 6.33 Å². The van der Waals surface area contributed by atoms with Crippen LogP contribution in [-0.4, -0.2) is 37.8 Å². The second-order valence-electron chi connectivity index (χ2n) is 3.90. The van der Waals surface area contributed by atoms with Crippen LogP contribution < -0.4 is 0 Å². The van der Waals surface area contributed by atoms with Crippen LogP contribution in [0.2, 0.25) is 0 Å². The Morgan fingerprint density at radius 2 is 2.31 bits per heavy atom. The molecule has 5 nitrogen and oxygen atoms in total. The molecule has 0 aliphatic carbocycles. The molecule has 0 fully saturated rings. The Bertz CT molecular complexity index is 496. The van der Waals surface area contributed by atoms with E-state index in [9.17, 15) is 0 Å². The molecule has 82 valence electrons. The van der Waals surface area contributed by atoms with E-state index in [2.05, 4.69) is 31.3 Å². The Kier molecular flexibility index (Phi) is 2.37. The fourth-order valence-electron chi connectivity index (χ4n) is 1.81. The lowest BCUT2D eigenvalue weighted by molar-refractivity contribution is 0.307. The number of fused-ring (bicyclic) bond motifs is 1. The molecule has 0 saturated carbocycles. The molecular weight excluding hydrogens is 222 g/mol. The van der Waals surface area contributed by atoms with Crippen LogP contribution in [0.4, 0.5) is 0 Å². The summed E-state index contributed by atoms with van der Waals surface area (Å²) in [5, 5.41) is 0.788. The van der Waals surface area contributed by atoms with E-state index >= 15 is 0 Å². The Labute approximate surface area is 97.4 Å². The van der Waals surface area contributed by atoms with Gasteiger partial charge in [-0.2, -0.15) is 4.37 Å². The average Bonchev–Trinajstić information content (AvgIpc) is 2.81. The maximum absolute atomic E-state index is 4.56. The molecule has 0 N–H and O–H groups in total. The first kappa shape index (κ1) is 9.80. The van der Waals surface area contributed by atoms with Gasteiger partial charge in [0.25, 0.3) is 0 Å². The van der Waals surface area contributed by atoms with E-state index < -0.39 is 0 Å². The molecule has 2 aromatic heterocycles. The third-order valence-corrected chi connectivity index (χ3v) is 3.35. The van der Waals surface area contributed by atoms with Crippen LogP contribution in [0.15, 0.2) is 12.5 Å². The summed E-state index contributed by atoms with van der Waals surface area (Å²) in [4.78, 5) is 15.3. The molecule has 0 spiro atoms. The second kappa shape index (κ2) is 3.88. The van der Waals surface area contributed by atoms with Crippen LogP contribution >= 0.6 is 11.5 Å². The number of likely N-dealkylation sites (N-methyl/N-ethyl adjacent to an activating group) is 1. The van der Waals surface area contributed by atoms with E-state index in [4.69, 9.17) is 0 Å². The lowest BCUT2D eigenvalue weighted by atomic mass is 10.1. The zero-order valence-corrected chi connectivity index (χ0v) is 9.74. The summed E-state index contributed by atoms with van der Waals surface area (Å²) in [6.07, 6.45) is 4.49. The number of hydrogen-bond acceptors (Lipinski definition) is 6. The van der Waals surface area contributed by atoms with E-state index in [-0.39, 0.29) is 0 Å². The molecule has 16 heavy (non-hydrogen) atoms. The van der Waals surface area contributed by atoms with Crippen LogP contribution in [0.5, 0.6) is 0 Å². The van der Waals surface area contributed by atoms with Crippen molar-refractivity contribution >= 4 is 11.5 Å². The first-order valence-corrected chi connectivity index (χ1v) is 5.90. The quantitative estimate of drug-likeness (QED) is 0.735. The molecule has 0 atom stereocenters. The number of nitrogens with zero attached hydrogens (tertiary/aromatic N) is 5. The molecule has 0 unspecified atom stereocenters. The fraction of sp³-hybridized carbons (Fsp3) is 0.400. The largest absolute Gasteiger partial charge is 0.300 e. The van der Waals surface area contributed by atoms with Gasteiger partial charge in [0.05, 0.1) is 5.69 Å². The Hall–Kier alpha value is -1.40. The van der Waals surface area contributed by atoms with E-state index in [0.717, 1.165) is 30.2 Å². The van der Waals surface area contributed by atoms with Gasteiger partial charge in [-0.1, -0.05) is 0 Å². The van der Waals surface area contributed by atoms with E-state index in [0.29, 0.717) is 5.82 Å². The minimum atomic E-state index is 0.691. The number of rotatable bonds is 1. The summed E-state index contributed by atoms with van der Waals surface area (Å²) in [5.41, 5.74) is 2.38. The molecule has 0 aromatic carbocycles. The highest BCUT2D eigenvalue weighted by atomic mass is 32.1. The molecule has 0 saturated heterocycles. The van der Waals surface area contributed by atoms with Gasteiger partial charge >= 0.3 is 0 Å². The highest BCUT2D eigenvalue weighted by molar-refractivity contribution is 7.08. The van der Waals surface area contributed by atoms with Crippen LogP contribution in [0.3, 0.4) is 0 Å². The van der Waals surface area contributed by atoms with Crippen molar-refractivity contribution < 1.29 is 0 Å². The van der Waals surface area contributed by atoms with Gasteiger partial charge in [-0.3, -0.25) is 0 Å². The maximum Gasteiger partial charge on any atom is 0.190 e. The second-order valence-corrected chi connectivity index (χ2v) is 4.68. The van der Waals surface area contributed by atoms with E-state index in [1.54, 1.807) is 0 Å². The van der Waals surface area contributed by atoms with Gasteiger partial charge in [0, 0.05) is 19.3 Å². The lowest BCUT2D eigenvalue weighted by Gasteiger charge is -2.23. The molecule has 2 aromatic rings. The van der Waals surface area contributed by atoms with Crippen molar-refractivity contribution in [3.05, 3.63) is 23.8 Å². The van der Waals surface area contributed by atoms with Crippen LogP contribution in [0.1, 0.15) is 11.3 Å². The lowest BCUT2D eigenvalue weighted by Crippen LogP contribution is -2.27. The summed E-state index contributed by atoms with van der Waals surface area (Å²) in [6.45, 7) is 1.97. The predicted octanol–water partition coefficient (Wildman–Crippen LogP) is 0.983. The summed E-state index contributed by atoms with van der Waals surface area (Å²) in [6, 6.07) is 0. The summed E-state index contributed by atoms with van der Waals surface area (Å²) < 4.78 is 3.97. The van der Waals surface area contributed by atoms with Gasteiger partial charge in [-0.05, 0) is 30.6 Å².